The second kappa shape index (κ2) is 9.92. The molecule has 2 atom stereocenters. The van der Waals surface area contributed by atoms with Crippen LogP contribution in [-0.4, -0.2) is 18.9 Å². The summed E-state index contributed by atoms with van der Waals surface area (Å²) in [7, 11) is 0. The number of allylic oxidation sites excluding steroid dienone is 2. The van der Waals surface area contributed by atoms with Gasteiger partial charge in [-0.05, 0) is 25.2 Å². The molecule has 1 unspecified atom stereocenters. The summed E-state index contributed by atoms with van der Waals surface area (Å²) in [6, 6.07) is 0. The van der Waals surface area contributed by atoms with Gasteiger partial charge >= 0.3 is 6.85 Å². The van der Waals surface area contributed by atoms with Crippen molar-refractivity contribution in [1.82, 2.24) is 5.23 Å². The van der Waals surface area contributed by atoms with Crippen molar-refractivity contribution in [3.63, 3.8) is 0 Å². The Morgan fingerprint density at radius 3 is 2.61 bits per heavy atom. The predicted octanol–water partition coefficient (Wildman–Crippen LogP) is 2.90. The van der Waals surface area contributed by atoms with Gasteiger partial charge in [0.15, 0.2) is 0 Å². The van der Waals surface area contributed by atoms with Crippen molar-refractivity contribution in [2.24, 2.45) is 11.8 Å². The van der Waals surface area contributed by atoms with Crippen LogP contribution in [0.3, 0.4) is 0 Å². The van der Waals surface area contributed by atoms with Gasteiger partial charge in [-0.3, -0.25) is 4.79 Å². The number of rotatable bonds is 9. The van der Waals surface area contributed by atoms with Crippen LogP contribution in [0.15, 0.2) is 12.2 Å². The molecule has 0 aliphatic heterocycles. The Morgan fingerprint density at radius 1 is 1.44 bits per heavy atom. The van der Waals surface area contributed by atoms with Crippen molar-refractivity contribution in [2.75, 3.05) is 0 Å². The monoisotopic (exact) mass is 251 g/mol. The molecule has 0 aliphatic rings. The largest absolute Gasteiger partial charge is 0.393 e. The lowest BCUT2D eigenvalue weighted by Crippen LogP contribution is -2.38. The molecular formula is C14H26BNO2. The van der Waals surface area contributed by atoms with E-state index >= 15 is 0 Å². The quantitative estimate of drug-likeness (QED) is 0.389. The molecule has 0 saturated carbocycles. The summed E-state index contributed by atoms with van der Waals surface area (Å²) >= 11 is 0. The molecule has 102 valence electrons. The Hall–Kier alpha value is -1.06. The van der Waals surface area contributed by atoms with Crippen LogP contribution in [0.2, 0.25) is 6.82 Å². The van der Waals surface area contributed by atoms with Crippen molar-refractivity contribution >= 4 is 18.9 Å². The fourth-order valence-corrected chi connectivity index (χ4v) is 2.05. The van der Waals surface area contributed by atoms with E-state index in [9.17, 15) is 9.59 Å². The van der Waals surface area contributed by atoms with E-state index in [1.165, 1.54) is 12.8 Å². The summed E-state index contributed by atoms with van der Waals surface area (Å²) < 4.78 is 0. The van der Waals surface area contributed by atoms with E-state index in [2.05, 4.69) is 31.2 Å². The van der Waals surface area contributed by atoms with Gasteiger partial charge in [0.2, 0.25) is 5.91 Å². The second-order valence-corrected chi connectivity index (χ2v) is 5.01. The number of amides is 1. The summed E-state index contributed by atoms with van der Waals surface area (Å²) in [4.78, 5) is 22.2. The van der Waals surface area contributed by atoms with Crippen LogP contribution in [0.5, 0.6) is 0 Å². The number of hydrogen-bond donors (Lipinski definition) is 1. The molecule has 0 heterocycles. The maximum atomic E-state index is 11.7. The van der Waals surface area contributed by atoms with Gasteiger partial charge in [0.1, 0.15) is 6.19 Å². The van der Waals surface area contributed by atoms with Crippen molar-refractivity contribution < 1.29 is 9.59 Å². The molecular weight excluding hydrogens is 225 g/mol. The average Bonchev–Trinajstić information content (AvgIpc) is 2.33. The van der Waals surface area contributed by atoms with Crippen LogP contribution < -0.4 is 5.23 Å². The van der Waals surface area contributed by atoms with E-state index in [4.69, 9.17) is 0 Å². The highest BCUT2D eigenvalue weighted by molar-refractivity contribution is 6.82. The van der Waals surface area contributed by atoms with Gasteiger partial charge in [0.25, 0.3) is 0 Å². The lowest BCUT2D eigenvalue weighted by Gasteiger charge is -2.20. The minimum absolute atomic E-state index is 0.0342. The number of nitrogens with one attached hydrogen (secondary N) is 1. The van der Waals surface area contributed by atoms with Crippen LogP contribution in [0.1, 0.15) is 46.5 Å². The van der Waals surface area contributed by atoms with E-state index in [1.807, 2.05) is 6.92 Å². The van der Waals surface area contributed by atoms with E-state index in [1.54, 1.807) is 6.82 Å². The molecule has 0 aromatic heterocycles. The first-order valence-electron chi connectivity index (χ1n) is 6.92. The Labute approximate surface area is 112 Å². The molecule has 0 saturated heterocycles. The highest BCUT2D eigenvalue weighted by Gasteiger charge is 2.19. The average molecular weight is 251 g/mol. The lowest BCUT2D eigenvalue weighted by atomic mass is 9.67. The standard InChI is InChI=1S/C14H26BNO2/c1-5-7-9-13(8-6-2)12(3)10-14(18)16-15(4)11-17/h6,8,11-13H,5,7,9-10H2,1-4H3,(H,16,18)/b8-6-/t12-,13?/m0/s1. The van der Waals surface area contributed by atoms with Crippen molar-refractivity contribution in [1.29, 1.82) is 0 Å². The number of carbonyl (C=O) groups is 2. The first-order valence-corrected chi connectivity index (χ1v) is 6.92. The SMILES string of the molecule is C/C=C\C(CCCC)[C@@H](C)CC(=O)NB(C)C=O. The highest BCUT2D eigenvalue weighted by atomic mass is 16.1. The Balaban J connectivity index is 4.26. The summed E-state index contributed by atoms with van der Waals surface area (Å²) in [6.07, 6.45) is 8.97. The van der Waals surface area contributed by atoms with Gasteiger partial charge in [-0.15, -0.1) is 0 Å². The Bertz CT molecular complexity index is 279. The summed E-state index contributed by atoms with van der Waals surface area (Å²) in [6.45, 7) is 7.60. The van der Waals surface area contributed by atoms with E-state index in [0.717, 1.165) is 12.6 Å². The van der Waals surface area contributed by atoms with Crippen LogP contribution in [0.4, 0.5) is 0 Å². The molecule has 0 spiro atoms. The molecule has 1 N–H and O–H groups in total. The molecule has 18 heavy (non-hydrogen) atoms. The Morgan fingerprint density at radius 2 is 2.11 bits per heavy atom. The van der Waals surface area contributed by atoms with Crippen LogP contribution in [0.25, 0.3) is 0 Å². The maximum absolute atomic E-state index is 11.7. The number of unbranched alkanes of at least 4 members (excludes halogenated alkanes) is 1. The lowest BCUT2D eigenvalue weighted by molar-refractivity contribution is -0.120. The van der Waals surface area contributed by atoms with Gasteiger partial charge in [-0.1, -0.05) is 45.7 Å². The minimum Gasteiger partial charge on any atom is -0.393 e. The zero-order valence-corrected chi connectivity index (χ0v) is 12.1. The summed E-state index contributed by atoms with van der Waals surface area (Å²) in [5.41, 5.74) is 0. The normalized spacial score (nSPS) is 14.2. The zero-order chi connectivity index (χ0) is 14.0. The van der Waals surface area contributed by atoms with Gasteiger partial charge in [-0.25, -0.2) is 0 Å². The van der Waals surface area contributed by atoms with E-state index in [-0.39, 0.29) is 12.8 Å². The molecule has 0 aromatic carbocycles. The number of carbonyl (C=O) groups excluding carboxylic acids is 2. The fraction of sp³-hybridized carbons (Fsp3) is 0.714. The van der Waals surface area contributed by atoms with Crippen LogP contribution >= 0.6 is 0 Å². The fourth-order valence-electron chi connectivity index (χ4n) is 2.05. The van der Waals surface area contributed by atoms with Crippen LogP contribution in [0, 0.1) is 11.8 Å². The summed E-state index contributed by atoms with van der Waals surface area (Å²) in [5, 5.41) is 2.68. The minimum atomic E-state index is -0.388. The van der Waals surface area contributed by atoms with Gasteiger partial charge < -0.3 is 10.0 Å². The molecule has 0 radical (unpaired) electrons. The first-order chi connectivity index (χ1) is 8.54. The summed E-state index contributed by atoms with van der Waals surface area (Å²) in [5.74, 6) is 0.729. The topological polar surface area (TPSA) is 46.2 Å². The molecule has 1 amide bonds. The van der Waals surface area contributed by atoms with Crippen molar-refractivity contribution in [3.05, 3.63) is 12.2 Å². The molecule has 0 rings (SSSR count). The third-order valence-electron chi connectivity index (χ3n) is 3.16. The third-order valence-corrected chi connectivity index (χ3v) is 3.16. The molecule has 0 aliphatic carbocycles. The molecule has 0 bridgehead atoms. The van der Waals surface area contributed by atoms with Crippen molar-refractivity contribution in [3.8, 4) is 0 Å². The molecule has 0 fully saturated rings. The highest BCUT2D eigenvalue weighted by Crippen LogP contribution is 2.23. The van der Waals surface area contributed by atoms with Gasteiger partial charge in [0.05, 0.1) is 0 Å². The number of hydrogen-bond acceptors (Lipinski definition) is 2. The first kappa shape index (κ1) is 16.9. The molecule has 0 aromatic rings. The smallest absolute Gasteiger partial charge is 0.324 e. The predicted molar refractivity (Wildman–Crippen MR) is 78.1 cm³/mol. The van der Waals surface area contributed by atoms with E-state index < -0.39 is 0 Å². The molecule has 4 heteroatoms. The van der Waals surface area contributed by atoms with Gasteiger partial charge in [-0.2, -0.15) is 0 Å². The third kappa shape index (κ3) is 7.31. The maximum Gasteiger partial charge on any atom is 0.324 e. The Kier molecular flexibility index (Phi) is 9.34. The second-order valence-electron chi connectivity index (χ2n) is 5.01. The van der Waals surface area contributed by atoms with Crippen molar-refractivity contribution in [2.45, 2.75) is 53.3 Å². The van der Waals surface area contributed by atoms with Crippen LogP contribution in [-0.2, 0) is 9.59 Å². The molecule has 3 nitrogen and oxygen atoms in total. The van der Waals surface area contributed by atoms with Gasteiger partial charge in [0, 0.05) is 6.42 Å². The van der Waals surface area contributed by atoms with E-state index in [0.29, 0.717) is 18.3 Å². The zero-order valence-electron chi connectivity index (χ0n) is 12.1.